The van der Waals surface area contributed by atoms with Gasteiger partial charge < -0.3 is 14.2 Å². The molecule has 62 heavy (non-hydrogen) atoms. The van der Waals surface area contributed by atoms with Gasteiger partial charge in [0.25, 0.3) is 0 Å². The van der Waals surface area contributed by atoms with E-state index in [1.54, 1.807) is 0 Å². The maximum absolute atomic E-state index is 12.8. The summed E-state index contributed by atoms with van der Waals surface area (Å²) in [5.74, 6) is -0.908. The quantitative estimate of drug-likeness (QED) is 0.0262. The molecule has 0 aliphatic carbocycles. The van der Waals surface area contributed by atoms with Gasteiger partial charge in [-0.2, -0.15) is 0 Å². The zero-order valence-electron chi connectivity index (χ0n) is 40.6. The average Bonchev–Trinajstić information content (AvgIpc) is 3.27. The second-order valence-corrected chi connectivity index (χ2v) is 17.1. The molecule has 0 aromatic rings. The lowest BCUT2D eigenvalue weighted by molar-refractivity contribution is -0.167. The number of allylic oxidation sites excluding steroid dienone is 12. The molecule has 0 aromatic heterocycles. The minimum atomic E-state index is -0.783. The minimum Gasteiger partial charge on any atom is -0.462 e. The van der Waals surface area contributed by atoms with E-state index in [0.29, 0.717) is 19.3 Å². The van der Waals surface area contributed by atoms with Gasteiger partial charge in [0.15, 0.2) is 6.10 Å². The third kappa shape index (κ3) is 47.9. The van der Waals surface area contributed by atoms with Gasteiger partial charge in [0.2, 0.25) is 0 Å². The third-order valence-electron chi connectivity index (χ3n) is 10.9. The predicted molar refractivity (Wildman–Crippen MR) is 265 cm³/mol. The molecule has 0 spiro atoms. The standard InChI is InChI=1S/C56H96O6/c1-4-7-10-13-16-19-21-23-25-26-27-28-29-30-32-33-35-37-40-43-46-49-55(58)61-52-53(51-60-54(57)48-45-42-39-18-15-12-9-6-3)62-56(59)50-47-44-41-38-36-34-31-24-22-20-17-14-11-8-5-2/h7,10,16-17,19-20,23-25,27-28,31,53H,4-6,8-9,11-15,18,21-22,26,29-30,32-52H2,1-3H3/b10-7-,19-16-,20-17-,25-23-,28-27-,31-24-. The first-order chi connectivity index (χ1) is 30.5. The summed E-state index contributed by atoms with van der Waals surface area (Å²) in [7, 11) is 0. The molecular weight excluding hydrogens is 769 g/mol. The van der Waals surface area contributed by atoms with Crippen LogP contribution in [0.2, 0.25) is 0 Å². The van der Waals surface area contributed by atoms with Crippen LogP contribution in [-0.4, -0.2) is 37.2 Å². The molecular formula is C56H96O6. The normalized spacial score (nSPS) is 12.6. The van der Waals surface area contributed by atoms with Crippen LogP contribution in [0, 0.1) is 0 Å². The van der Waals surface area contributed by atoms with E-state index in [9.17, 15) is 14.4 Å². The Balaban J connectivity index is 4.30. The Hall–Kier alpha value is -3.15. The lowest BCUT2D eigenvalue weighted by atomic mass is 10.1. The fourth-order valence-corrected chi connectivity index (χ4v) is 7.05. The fourth-order valence-electron chi connectivity index (χ4n) is 7.05. The highest BCUT2D eigenvalue weighted by Crippen LogP contribution is 2.14. The van der Waals surface area contributed by atoms with Crippen LogP contribution < -0.4 is 0 Å². The van der Waals surface area contributed by atoms with Crippen molar-refractivity contribution in [3.63, 3.8) is 0 Å². The van der Waals surface area contributed by atoms with Crippen molar-refractivity contribution in [1.82, 2.24) is 0 Å². The van der Waals surface area contributed by atoms with Crippen LogP contribution in [0.4, 0.5) is 0 Å². The van der Waals surface area contributed by atoms with E-state index in [1.807, 2.05) is 0 Å². The summed E-state index contributed by atoms with van der Waals surface area (Å²) in [6, 6.07) is 0. The molecule has 0 heterocycles. The second-order valence-electron chi connectivity index (χ2n) is 17.1. The monoisotopic (exact) mass is 865 g/mol. The summed E-state index contributed by atoms with van der Waals surface area (Å²) in [6.07, 6.45) is 63.2. The second kappa shape index (κ2) is 50.5. The van der Waals surface area contributed by atoms with Crippen LogP contribution in [0.5, 0.6) is 0 Å². The van der Waals surface area contributed by atoms with Crippen LogP contribution >= 0.6 is 0 Å². The van der Waals surface area contributed by atoms with Crippen LogP contribution in [-0.2, 0) is 28.6 Å². The molecule has 0 radical (unpaired) electrons. The molecule has 356 valence electrons. The molecule has 0 aromatic carbocycles. The van der Waals surface area contributed by atoms with Gasteiger partial charge in [-0.1, -0.05) is 209 Å². The Labute approximate surface area is 382 Å². The highest BCUT2D eigenvalue weighted by molar-refractivity contribution is 5.71. The molecule has 0 fully saturated rings. The number of ether oxygens (including phenoxy) is 3. The molecule has 1 unspecified atom stereocenters. The van der Waals surface area contributed by atoms with Crippen molar-refractivity contribution in [1.29, 1.82) is 0 Å². The smallest absolute Gasteiger partial charge is 0.306 e. The molecule has 0 amide bonds. The molecule has 0 saturated heterocycles. The maximum Gasteiger partial charge on any atom is 0.306 e. The molecule has 6 nitrogen and oxygen atoms in total. The molecule has 0 aliphatic heterocycles. The van der Waals surface area contributed by atoms with Gasteiger partial charge in [0, 0.05) is 19.3 Å². The number of rotatable bonds is 46. The summed E-state index contributed by atoms with van der Waals surface area (Å²) in [4.78, 5) is 37.9. The van der Waals surface area contributed by atoms with E-state index < -0.39 is 6.10 Å². The van der Waals surface area contributed by atoms with E-state index in [-0.39, 0.29) is 31.1 Å². The van der Waals surface area contributed by atoms with Gasteiger partial charge in [0.1, 0.15) is 13.2 Å². The fraction of sp³-hybridized carbons (Fsp3) is 0.732. The number of esters is 3. The lowest BCUT2D eigenvalue weighted by Crippen LogP contribution is -2.30. The zero-order chi connectivity index (χ0) is 45.1. The van der Waals surface area contributed by atoms with E-state index in [2.05, 4.69) is 93.7 Å². The van der Waals surface area contributed by atoms with Crippen molar-refractivity contribution in [2.75, 3.05) is 13.2 Å². The van der Waals surface area contributed by atoms with Gasteiger partial charge >= 0.3 is 17.9 Å². The molecule has 0 N–H and O–H groups in total. The average molecular weight is 865 g/mol. The highest BCUT2D eigenvalue weighted by atomic mass is 16.6. The Morgan fingerprint density at radius 2 is 0.629 bits per heavy atom. The summed E-state index contributed by atoms with van der Waals surface area (Å²) >= 11 is 0. The van der Waals surface area contributed by atoms with Crippen molar-refractivity contribution in [2.24, 2.45) is 0 Å². The highest BCUT2D eigenvalue weighted by Gasteiger charge is 2.19. The van der Waals surface area contributed by atoms with Gasteiger partial charge in [-0.3, -0.25) is 14.4 Å². The number of carbonyl (C=O) groups excluding carboxylic acids is 3. The zero-order valence-corrected chi connectivity index (χ0v) is 40.6. The van der Waals surface area contributed by atoms with Crippen molar-refractivity contribution in [3.8, 4) is 0 Å². The molecule has 1 atom stereocenters. The number of unbranched alkanes of at least 4 members (excludes halogenated alkanes) is 23. The minimum absolute atomic E-state index is 0.0829. The Bertz CT molecular complexity index is 1180. The van der Waals surface area contributed by atoms with Gasteiger partial charge in [-0.05, 0) is 89.9 Å². The summed E-state index contributed by atoms with van der Waals surface area (Å²) in [5, 5.41) is 0. The molecule has 0 bridgehead atoms. The first-order valence-corrected chi connectivity index (χ1v) is 25.9. The summed E-state index contributed by atoms with van der Waals surface area (Å²) in [5.41, 5.74) is 0. The van der Waals surface area contributed by atoms with Crippen molar-refractivity contribution in [2.45, 2.75) is 252 Å². The molecule has 0 saturated carbocycles. The first kappa shape index (κ1) is 58.9. The summed E-state index contributed by atoms with van der Waals surface area (Å²) in [6.45, 7) is 6.45. The van der Waals surface area contributed by atoms with Gasteiger partial charge in [-0.25, -0.2) is 0 Å². The van der Waals surface area contributed by atoms with Gasteiger partial charge in [-0.15, -0.1) is 0 Å². The Kier molecular flexibility index (Phi) is 47.9. The SMILES string of the molecule is CC/C=C\C/C=C\C/C=C\C/C=C\CCCCCCCCCCC(=O)OCC(COC(=O)CCCCCCCCCC)OC(=O)CCCCCCC/C=C\C/C=C\CCCCC. The van der Waals surface area contributed by atoms with Crippen LogP contribution in [0.25, 0.3) is 0 Å². The lowest BCUT2D eigenvalue weighted by Gasteiger charge is -2.18. The van der Waals surface area contributed by atoms with Crippen molar-refractivity contribution in [3.05, 3.63) is 72.9 Å². The maximum atomic E-state index is 12.8. The third-order valence-corrected chi connectivity index (χ3v) is 10.9. The first-order valence-electron chi connectivity index (χ1n) is 25.9. The van der Waals surface area contributed by atoms with E-state index in [0.717, 1.165) is 116 Å². The van der Waals surface area contributed by atoms with Crippen LogP contribution in [0.1, 0.15) is 245 Å². The Morgan fingerprint density at radius 1 is 0.339 bits per heavy atom. The molecule has 6 heteroatoms. The van der Waals surface area contributed by atoms with Gasteiger partial charge in [0.05, 0.1) is 0 Å². The van der Waals surface area contributed by atoms with Crippen molar-refractivity contribution < 1.29 is 28.6 Å². The van der Waals surface area contributed by atoms with E-state index in [4.69, 9.17) is 14.2 Å². The Morgan fingerprint density at radius 3 is 1.02 bits per heavy atom. The molecule has 0 rings (SSSR count). The number of hydrogen-bond donors (Lipinski definition) is 0. The van der Waals surface area contributed by atoms with Crippen molar-refractivity contribution >= 4 is 17.9 Å². The largest absolute Gasteiger partial charge is 0.462 e. The number of hydrogen-bond acceptors (Lipinski definition) is 6. The summed E-state index contributed by atoms with van der Waals surface area (Å²) < 4.78 is 16.7. The predicted octanol–water partition coefficient (Wildman–Crippen LogP) is 17.0. The number of carbonyl (C=O) groups is 3. The topological polar surface area (TPSA) is 78.9 Å². The van der Waals surface area contributed by atoms with Crippen LogP contribution in [0.15, 0.2) is 72.9 Å². The van der Waals surface area contributed by atoms with E-state index in [1.165, 1.54) is 89.9 Å². The molecule has 0 aliphatic rings. The van der Waals surface area contributed by atoms with Crippen LogP contribution in [0.3, 0.4) is 0 Å². The van der Waals surface area contributed by atoms with E-state index >= 15 is 0 Å².